The van der Waals surface area contributed by atoms with E-state index in [2.05, 4.69) is 20.2 Å². The van der Waals surface area contributed by atoms with Crippen molar-refractivity contribution in [3.63, 3.8) is 0 Å². The highest BCUT2D eigenvalue weighted by Gasteiger charge is 2.29. The van der Waals surface area contributed by atoms with Crippen LogP contribution in [0.5, 0.6) is 0 Å². The predicted octanol–water partition coefficient (Wildman–Crippen LogP) is 1.33. The minimum absolute atomic E-state index is 0.0264. The standard InChI is InChI=1S/C21H22N6O3S/c22-21-25-19(29)16(31-21)13-18(28)24-15-5-3-4-14(12-15)20(30)27-10-8-26(9-11-27)17-6-1-2-7-23-17/h1-7,12,16H,8-11,13H2,(H,24,28)(H2,22,25,29). The molecule has 3 N–H and O–H groups in total. The van der Waals surface area contributed by atoms with E-state index in [4.69, 9.17) is 5.73 Å². The number of carbonyl (C=O) groups is 3. The Morgan fingerprint density at radius 1 is 1.13 bits per heavy atom. The molecule has 0 aliphatic carbocycles. The van der Waals surface area contributed by atoms with Gasteiger partial charge in [0.25, 0.3) is 11.8 Å². The van der Waals surface area contributed by atoms with Crippen LogP contribution in [-0.4, -0.2) is 64.2 Å². The topological polar surface area (TPSA) is 121 Å². The summed E-state index contributed by atoms with van der Waals surface area (Å²) in [5, 5.41) is 2.33. The molecule has 10 heteroatoms. The van der Waals surface area contributed by atoms with Crippen molar-refractivity contribution in [3.05, 3.63) is 54.2 Å². The highest BCUT2D eigenvalue weighted by Crippen LogP contribution is 2.23. The van der Waals surface area contributed by atoms with Crippen LogP contribution in [0.2, 0.25) is 0 Å². The molecular formula is C21H22N6O3S. The number of hydrogen-bond acceptors (Lipinski definition) is 7. The summed E-state index contributed by atoms with van der Waals surface area (Å²) in [5.41, 5.74) is 6.53. The van der Waals surface area contributed by atoms with E-state index < -0.39 is 11.2 Å². The van der Waals surface area contributed by atoms with E-state index in [1.54, 1.807) is 35.4 Å². The number of aromatic nitrogens is 1. The van der Waals surface area contributed by atoms with E-state index >= 15 is 0 Å². The summed E-state index contributed by atoms with van der Waals surface area (Å²) in [6.45, 7) is 2.60. The number of piperazine rings is 1. The van der Waals surface area contributed by atoms with Gasteiger partial charge in [-0.3, -0.25) is 14.4 Å². The van der Waals surface area contributed by atoms with Crippen molar-refractivity contribution >= 4 is 46.2 Å². The van der Waals surface area contributed by atoms with Gasteiger partial charge in [-0.2, -0.15) is 4.99 Å². The Morgan fingerprint density at radius 2 is 1.94 bits per heavy atom. The number of nitrogens with two attached hydrogens (primary N) is 1. The lowest BCUT2D eigenvalue weighted by atomic mass is 10.1. The first-order valence-corrected chi connectivity index (χ1v) is 10.8. The number of nitrogens with zero attached hydrogens (tertiary/aromatic N) is 4. The monoisotopic (exact) mass is 438 g/mol. The van der Waals surface area contributed by atoms with E-state index in [0.29, 0.717) is 37.4 Å². The van der Waals surface area contributed by atoms with Crippen LogP contribution in [0.25, 0.3) is 0 Å². The Bertz CT molecular complexity index is 1020. The van der Waals surface area contributed by atoms with Crippen molar-refractivity contribution in [1.82, 2.24) is 9.88 Å². The molecule has 0 bridgehead atoms. The number of amidine groups is 1. The fourth-order valence-electron chi connectivity index (χ4n) is 3.50. The quantitative estimate of drug-likeness (QED) is 0.722. The second kappa shape index (κ2) is 9.17. The molecule has 3 amide bonds. The third kappa shape index (κ3) is 5.02. The molecule has 0 spiro atoms. The zero-order chi connectivity index (χ0) is 21.8. The Morgan fingerprint density at radius 3 is 2.61 bits per heavy atom. The molecule has 1 atom stereocenters. The Hall–Kier alpha value is -3.40. The third-order valence-corrected chi connectivity index (χ3v) is 6.05. The van der Waals surface area contributed by atoms with E-state index in [-0.39, 0.29) is 23.4 Å². The van der Waals surface area contributed by atoms with Gasteiger partial charge in [-0.1, -0.05) is 23.9 Å². The Labute approximate surface area is 183 Å². The van der Waals surface area contributed by atoms with Crippen LogP contribution < -0.4 is 16.0 Å². The number of thioether (sulfide) groups is 1. The summed E-state index contributed by atoms with van der Waals surface area (Å²) in [7, 11) is 0. The lowest BCUT2D eigenvalue weighted by molar-refractivity contribution is -0.121. The number of aliphatic imine (C=N–C) groups is 1. The Balaban J connectivity index is 1.33. The first-order valence-electron chi connectivity index (χ1n) is 9.89. The molecule has 2 aromatic rings. The van der Waals surface area contributed by atoms with Gasteiger partial charge in [0.15, 0.2) is 5.17 Å². The summed E-state index contributed by atoms with van der Waals surface area (Å²) < 4.78 is 0. The van der Waals surface area contributed by atoms with Gasteiger partial charge in [0.1, 0.15) is 11.1 Å². The molecule has 1 unspecified atom stereocenters. The minimum atomic E-state index is -0.597. The lowest BCUT2D eigenvalue weighted by Gasteiger charge is -2.35. The predicted molar refractivity (Wildman–Crippen MR) is 120 cm³/mol. The smallest absolute Gasteiger partial charge is 0.262 e. The van der Waals surface area contributed by atoms with Crippen LogP contribution in [-0.2, 0) is 9.59 Å². The van der Waals surface area contributed by atoms with Crippen molar-refractivity contribution in [2.24, 2.45) is 10.7 Å². The van der Waals surface area contributed by atoms with Gasteiger partial charge in [0, 0.05) is 50.0 Å². The molecule has 0 saturated carbocycles. The fourth-order valence-corrected chi connectivity index (χ4v) is 4.33. The maximum atomic E-state index is 12.9. The number of benzene rings is 1. The molecule has 3 heterocycles. The van der Waals surface area contributed by atoms with E-state index in [1.807, 2.05) is 18.2 Å². The van der Waals surface area contributed by atoms with Crippen molar-refractivity contribution < 1.29 is 14.4 Å². The number of pyridine rings is 1. The molecule has 2 aliphatic heterocycles. The first kappa shape index (κ1) is 20.9. The van der Waals surface area contributed by atoms with Crippen LogP contribution in [0.3, 0.4) is 0 Å². The van der Waals surface area contributed by atoms with Crippen LogP contribution in [0.4, 0.5) is 11.5 Å². The average molecular weight is 439 g/mol. The highest BCUT2D eigenvalue weighted by molar-refractivity contribution is 8.15. The zero-order valence-corrected chi connectivity index (χ0v) is 17.5. The van der Waals surface area contributed by atoms with Gasteiger partial charge in [0.2, 0.25) is 5.91 Å². The number of rotatable bonds is 5. The average Bonchev–Trinajstić information content (AvgIpc) is 3.10. The van der Waals surface area contributed by atoms with Gasteiger partial charge >= 0.3 is 0 Å². The molecule has 9 nitrogen and oxygen atoms in total. The summed E-state index contributed by atoms with van der Waals surface area (Å²) in [4.78, 5) is 48.9. The molecule has 4 rings (SSSR count). The van der Waals surface area contributed by atoms with Gasteiger partial charge in [-0.25, -0.2) is 4.98 Å². The van der Waals surface area contributed by atoms with Crippen LogP contribution in [0, 0.1) is 0 Å². The largest absolute Gasteiger partial charge is 0.378 e. The van der Waals surface area contributed by atoms with Gasteiger partial charge in [-0.05, 0) is 30.3 Å². The molecular weight excluding hydrogens is 416 g/mol. The third-order valence-electron chi connectivity index (χ3n) is 5.06. The second-order valence-electron chi connectivity index (χ2n) is 7.20. The number of amides is 3. The second-order valence-corrected chi connectivity index (χ2v) is 8.42. The van der Waals surface area contributed by atoms with Crippen molar-refractivity contribution in [3.8, 4) is 0 Å². The van der Waals surface area contributed by atoms with Crippen LogP contribution >= 0.6 is 11.8 Å². The number of hydrogen-bond donors (Lipinski definition) is 2. The summed E-state index contributed by atoms with van der Waals surface area (Å²) >= 11 is 1.09. The van der Waals surface area contributed by atoms with E-state index in [0.717, 1.165) is 17.6 Å². The summed E-state index contributed by atoms with van der Waals surface area (Å²) in [6.07, 6.45) is 1.73. The van der Waals surface area contributed by atoms with Gasteiger partial charge in [0.05, 0.1) is 0 Å². The Kier molecular flexibility index (Phi) is 6.17. The van der Waals surface area contributed by atoms with E-state index in [9.17, 15) is 14.4 Å². The van der Waals surface area contributed by atoms with E-state index in [1.165, 1.54) is 0 Å². The van der Waals surface area contributed by atoms with Crippen LogP contribution in [0.1, 0.15) is 16.8 Å². The van der Waals surface area contributed by atoms with Crippen molar-refractivity contribution in [1.29, 1.82) is 0 Å². The fraction of sp³-hybridized carbons (Fsp3) is 0.286. The molecule has 1 saturated heterocycles. The molecule has 1 fully saturated rings. The molecule has 1 aromatic carbocycles. The molecule has 31 heavy (non-hydrogen) atoms. The molecule has 160 valence electrons. The van der Waals surface area contributed by atoms with Crippen LogP contribution in [0.15, 0.2) is 53.7 Å². The first-order chi connectivity index (χ1) is 15.0. The summed E-state index contributed by atoms with van der Waals surface area (Å²) in [5.74, 6) is 0.0978. The summed E-state index contributed by atoms with van der Waals surface area (Å²) in [6, 6.07) is 12.6. The molecule has 2 aliphatic rings. The van der Waals surface area contributed by atoms with Crippen molar-refractivity contribution in [2.45, 2.75) is 11.7 Å². The minimum Gasteiger partial charge on any atom is -0.378 e. The maximum Gasteiger partial charge on any atom is 0.262 e. The lowest BCUT2D eigenvalue weighted by Crippen LogP contribution is -2.49. The number of carbonyl (C=O) groups excluding carboxylic acids is 3. The number of anilines is 2. The zero-order valence-electron chi connectivity index (χ0n) is 16.7. The normalized spacial score (nSPS) is 18.6. The van der Waals surface area contributed by atoms with Gasteiger partial charge < -0.3 is 20.9 Å². The highest BCUT2D eigenvalue weighted by atomic mass is 32.2. The van der Waals surface area contributed by atoms with Gasteiger partial charge in [-0.15, -0.1) is 0 Å². The number of nitrogens with one attached hydrogen (secondary N) is 1. The SMILES string of the molecule is NC1=NC(=O)C(CC(=O)Nc2cccc(C(=O)N3CCN(c4ccccn4)CC3)c2)S1. The maximum absolute atomic E-state index is 12.9. The molecule has 0 radical (unpaired) electrons. The molecule has 1 aromatic heterocycles. The van der Waals surface area contributed by atoms with Crippen molar-refractivity contribution in [2.75, 3.05) is 36.4 Å².